The fraction of sp³-hybridized carbons (Fsp3) is 0.130. The monoisotopic (exact) mass is 416 g/mol. The van der Waals surface area contributed by atoms with Crippen molar-refractivity contribution in [3.8, 4) is 5.75 Å². The molecule has 6 nitrogen and oxygen atoms in total. The number of fused-ring (bicyclic) bond motifs is 3. The number of aromatic amines is 1. The van der Waals surface area contributed by atoms with Crippen LogP contribution in [0.3, 0.4) is 0 Å². The highest BCUT2D eigenvalue weighted by atomic mass is 32.1. The van der Waals surface area contributed by atoms with E-state index in [-0.39, 0.29) is 5.91 Å². The predicted octanol–water partition coefficient (Wildman–Crippen LogP) is 4.49. The van der Waals surface area contributed by atoms with Crippen LogP contribution in [0, 0.1) is 0 Å². The third kappa shape index (κ3) is 3.13. The summed E-state index contributed by atoms with van der Waals surface area (Å²) in [6, 6.07) is 15.8. The fourth-order valence-electron chi connectivity index (χ4n) is 3.71. The number of thiophene rings is 1. The lowest BCUT2D eigenvalue weighted by Gasteiger charge is -2.04. The molecule has 4 N–H and O–H groups in total. The number of nitrogens with zero attached hydrogens (tertiary/aromatic N) is 1. The van der Waals surface area contributed by atoms with Crippen LogP contribution in [0.4, 0.5) is 5.69 Å². The number of benzene rings is 2. The smallest absolute Gasteiger partial charge is 0.263 e. The SMILES string of the molecule is COc1ccc2nc3sc(C(=O)NCCc4c[nH]c5ccccc45)c(N)c3cc2c1. The first-order valence-corrected chi connectivity index (χ1v) is 10.5. The summed E-state index contributed by atoms with van der Waals surface area (Å²) in [6.45, 7) is 0.529. The van der Waals surface area contributed by atoms with Crippen LogP contribution in [0.1, 0.15) is 15.2 Å². The molecule has 0 radical (unpaired) electrons. The number of ether oxygens (including phenoxy) is 1. The number of nitrogens with two attached hydrogens (primary N) is 1. The van der Waals surface area contributed by atoms with Crippen molar-refractivity contribution in [1.29, 1.82) is 0 Å². The van der Waals surface area contributed by atoms with Gasteiger partial charge in [0, 0.05) is 34.4 Å². The summed E-state index contributed by atoms with van der Waals surface area (Å²) in [4.78, 5) is 22.0. The Morgan fingerprint density at radius 1 is 1.20 bits per heavy atom. The number of aromatic nitrogens is 2. The van der Waals surface area contributed by atoms with Gasteiger partial charge in [0.2, 0.25) is 0 Å². The molecule has 0 aliphatic carbocycles. The van der Waals surface area contributed by atoms with Crippen LogP contribution >= 0.6 is 11.3 Å². The van der Waals surface area contributed by atoms with E-state index < -0.39 is 0 Å². The molecule has 2 aromatic carbocycles. The van der Waals surface area contributed by atoms with Gasteiger partial charge in [0.1, 0.15) is 15.5 Å². The largest absolute Gasteiger partial charge is 0.497 e. The maximum atomic E-state index is 12.8. The second kappa shape index (κ2) is 7.35. The molecule has 0 aliphatic heterocycles. The van der Waals surface area contributed by atoms with Crippen LogP contribution in [0.25, 0.3) is 32.0 Å². The molecule has 0 bridgehead atoms. The first-order valence-electron chi connectivity index (χ1n) is 9.64. The molecule has 7 heteroatoms. The van der Waals surface area contributed by atoms with E-state index in [1.54, 1.807) is 7.11 Å². The summed E-state index contributed by atoms with van der Waals surface area (Å²) < 4.78 is 5.29. The number of hydrogen-bond donors (Lipinski definition) is 3. The zero-order chi connectivity index (χ0) is 20.7. The number of para-hydroxylation sites is 1. The summed E-state index contributed by atoms with van der Waals surface area (Å²) in [5, 5.41) is 5.90. The Morgan fingerprint density at radius 2 is 2.07 bits per heavy atom. The number of pyridine rings is 1. The molecule has 0 unspecified atom stereocenters. The molecule has 0 saturated carbocycles. The highest BCUT2D eigenvalue weighted by molar-refractivity contribution is 7.21. The van der Waals surface area contributed by atoms with E-state index in [1.165, 1.54) is 22.3 Å². The number of nitrogens with one attached hydrogen (secondary N) is 2. The third-order valence-corrected chi connectivity index (χ3v) is 6.40. The van der Waals surface area contributed by atoms with Gasteiger partial charge in [0.05, 0.1) is 18.3 Å². The number of carbonyl (C=O) groups is 1. The van der Waals surface area contributed by atoms with Gasteiger partial charge in [0.15, 0.2) is 0 Å². The van der Waals surface area contributed by atoms with Gasteiger partial charge in [-0.2, -0.15) is 0 Å². The first kappa shape index (κ1) is 18.4. The highest BCUT2D eigenvalue weighted by Crippen LogP contribution is 2.35. The highest BCUT2D eigenvalue weighted by Gasteiger charge is 2.18. The molecule has 0 fully saturated rings. The minimum absolute atomic E-state index is 0.169. The second-order valence-corrected chi connectivity index (χ2v) is 8.11. The van der Waals surface area contributed by atoms with Crippen molar-refractivity contribution in [2.24, 2.45) is 0 Å². The van der Waals surface area contributed by atoms with Crippen molar-refractivity contribution in [2.75, 3.05) is 19.4 Å². The van der Waals surface area contributed by atoms with E-state index >= 15 is 0 Å². The van der Waals surface area contributed by atoms with Gasteiger partial charge in [0.25, 0.3) is 5.91 Å². The van der Waals surface area contributed by atoms with Crippen LogP contribution in [0.15, 0.2) is 54.7 Å². The van der Waals surface area contributed by atoms with Gasteiger partial charge in [-0.3, -0.25) is 4.79 Å². The van der Waals surface area contributed by atoms with Crippen LogP contribution < -0.4 is 15.8 Å². The number of H-pyrrole nitrogens is 1. The van der Waals surface area contributed by atoms with E-state index in [4.69, 9.17) is 10.5 Å². The van der Waals surface area contributed by atoms with Gasteiger partial charge < -0.3 is 20.8 Å². The lowest BCUT2D eigenvalue weighted by molar-refractivity contribution is 0.0959. The second-order valence-electron chi connectivity index (χ2n) is 7.11. The Balaban J connectivity index is 1.37. The molecule has 0 spiro atoms. The van der Waals surface area contributed by atoms with Crippen LogP contribution in [0.5, 0.6) is 5.75 Å². The van der Waals surface area contributed by atoms with Crippen LogP contribution in [-0.4, -0.2) is 29.5 Å². The quantitative estimate of drug-likeness (QED) is 0.393. The summed E-state index contributed by atoms with van der Waals surface area (Å²) in [5.41, 5.74) is 9.91. The predicted molar refractivity (Wildman–Crippen MR) is 122 cm³/mol. The summed E-state index contributed by atoms with van der Waals surface area (Å²) in [7, 11) is 1.63. The number of amides is 1. The molecule has 0 aliphatic rings. The van der Waals surface area contributed by atoms with Gasteiger partial charge in [-0.05, 0) is 42.3 Å². The van der Waals surface area contributed by atoms with Crippen molar-refractivity contribution in [3.63, 3.8) is 0 Å². The van der Waals surface area contributed by atoms with E-state index in [1.807, 2.05) is 48.7 Å². The van der Waals surface area contributed by atoms with Crippen molar-refractivity contribution < 1.29 is 9.53 Å². The average molecular weight is 417 g/mol. The maximum Gasteiger partial charge on any atom is 0.263 e. The van der Waals surface area contributed by atoms with Crippen LogP contribution in [-0.2, 0) is 6.42 Å². The Hall–Kier alpha value is -3.58. The fourth-order valence-corrected chi connectivity index (χ4v) is 4.71. The van der Waals surface area contributed by atoms with Crippen molar-refractivity contribution >= 4 is 55.0 Å². The zero-order valence-electron chi connectivity index (χ0n) is 16.4. The lowest BCUT2D eigenvalue weighted by Crippen LogP contribution is -2.25. The van der Waals surface area contributed by atoms with Gasteiger partial charge >= 0.3 is 0 Å². The van der Waals surface area contributed by atoms with E-state index in [9.17, 15) is 4.79 Å². The van der Waals surface area contributed by atoms with E-state index in [0.29, 0.717) is 17.1 Å². The molecule has 150 valence electrons. The molecule has 1 amide bonds. The number of anilines is 1. The molecule has 3 heterocycles. The van der Waals surface area contributed by atoms with Crippen molar-refractivity contribution in [3.05, 3.63) is 65.2 Å². The zero-order valence-corrected chi connectivity index (χ0v) is 17.2. The molecular weight excluding hydrogens is 396 g/mol. The topological polar surface area (TPSA) is 93.0 Å². The Morgan fingerprint density at radius 3 is 2.93 bits per heavy atom. The van der Waals surface area contributed by atoms with Gasteiger partial charge in [-0.15, -0.1) is 11.3 Å². The molecule has 5 aromatic rings. The molecule has 5 rings (SSSR count). The molecular formula is C23H20N4O2S. The minimum atomic E-state index is -0.169. The summed E-state index contributed by atoms with van der Waals surface area (Å²) >= 11 is 1.32. The van der Waals surface area contributed by atoms with Gasteiger partial charge in [-0.25, -0.2) is 4.98 Å². The maximum absolute atomic E-state index is 12.8. The van der Waals surface area contributed by atoms with Crippen molar-refractivity contribution in [1.82, 2.24) is 15.3 Å². The van der Waals surface area contributed by atoms with E-state index in [2.05, 4.69) is 21.4 Å². The van der Waals surface area contributed by atoms with Gasteiger partial charge in [-0.1, -0.05) is 18.2 Å². The normalized spacial score (nSPS) is 11.4. The van der Waals surface area contributed by atoms with Crippen LogP contribution in [0.2, 0.25) is 0 Å². The molecule has 3 aromatic heterocycles. The van der Waals surface area contributed by atoms with E-state index in [0.717, 1.165) is 38.8 Å². The molecule has 0 atom stereocenters. The number of carbonyl (C=O) groups excluding carboxylic acids is 1. The Kier molecular flexibility index (Phi) is 4.52. The Bertz CT molecular complexity index is 1400. The van der Waals surface area contributed by atoms with Crippen molar-refractivity contribution in [2.45, 2.75) is 6.42 Å². The molecule has 0 saturated heterocycles. The Labute approximate surface area is 176 Å². The summed E-state index contributed by atoms with van der Waals surface area (Å²) in [6.07, 6.45) is 2.73. The number of methoxy groups -OCH3 is 1. The average Bonchev–Trinajstić information content (AvgIpc) is 3.33. The standard InChI is InChI=1S/C23H20N4O2S/c1-29-15-6-7-18-14(10-15)11-17-20(24)21(30-23(17)27-18)22(28)25-9-8-13-12-26-19-5-3-2-4-16(13)19/h2-7,10-12,26H,8-9,24H2,1H3,(H,25,28). The number of hydrogen-bond acceptors (Lipinski definition) is 5. The molecule has 30 heavy (non-hydrogen) atoms. The number of nitrogen functional groups attached to an aromatic ring is 1. The third-order valence-electron chi connectivity index (χ3n) is 5.28. The lowest BCUT2D eigenvalue weighted by atomic mass is 10.1. The summed E-state index contributed by atoms with van der Waals surface area (Å²) in [5.74, 6) is 0.588. The number of rotatable bonds is 5. The first-order chi connectivity index (χ1) is 14.6. The minimum Gasteiger partial charge on any atom is -0.497 e.